The van der Waals surface area contributed by atoms with E-state index in [0.29, 0.717) is 0 Å². The predicted octanol–water partition coefficient (Wildman–Crippen LogP) is 2.40. The molecule has 0 saturated heterocycles. The summed E-state index contributed by atoms with van der Waals surface area (Å²) in [4.78, 5) is 21.7. The molecule has 0 aliphatic heterocycles. The number of rotatable bonds is 2. The molecule has 2 N–H and O–H groups in total. The van der Waals surface area contributed by atoms with E-state index in [9.17, 15) is 9.59 Å². The van der Waals surface area contributed by atoms with Crippen LogP contribution in [0.15, 0.2) is 0 Å². The summed E-state index contributed by atoms with van der Waals surface area (Å²) in [6.45, 7) is 0. The van der Waals surface area contributed by atoms with E-state index in [2.05, 4.69) is 0 Å². The number of hydrogen-bond donors (Lipinski definition) is 2. The Labute approximate surface area is 166 Å². The summed E-state index contributed by atoms with van der Waals surface area (Å²) in [5.41, 5.74) is -1.37. The van der Waals surface area contributed by atoms with Gasteiger partial charge in [-0.15, -0.1) is 0 Å². The summed E-state index contributed by atoms with van der Waals surface area (Å²) in [6.07, 6.45) is 0. The molecule has 1 aromatic carbocycles. The average Bonchev–Trinajstić information content (AvgIpc) is 2.18. The Kier molecular flexibility index (Phi) is 10.3. The fourth-order valence-corrected chi connectivity index (χ4v) is 2.05. The monoisotopic (exact) mass is 350 g/mol. The van der Waals surface area contributed by atoms with Gasteiger partial charge < -0.3 is 10.2 Å². The molecule has 0 aliphatic carbocycles. The molecular formula is C8H4Cl4Na2O4. The third kappa shape index (κ3) is 4.16. The van der Waals surface area contributed by atoms with Crippen LogP contribution in [0.1, 0.15) is 20.7 Å². The van der Waals surface area contributed by atoms with Crippen LogP contribution in [0.25, 0.3) is 0 Å². The van der Waals surface area contributed by atoms with Gasteiger partial charge in [0.25, 0.3) is 0 Å². The predicted molar refractivity (Wildman–Crippen MR) is 74.7 cm³/mol. The van der Waals surface area contributed by atoms with Crippen LogP contribution >= 0.6 is 46.4 Å². The van der Waals surface area contributed by atoms with E-state index >= 15 is 0 Å². The van der Waals surface area contributed by atoms with Crippen molar-refractivity contribution in [3.63, 3.8) is 0 Å². The molecule has 18 heavy (non-hydrogen) atoms. The number of carboxylic acid groups (broad SMARTS) is 2. The molecule has 0 fully saturated rings. The molecule has 0 amide bonds. The van der Waals surface area contributed by atoms with Gasteiger partial charge in [-0.2, -0.15) is 0 Å². The third-order valence-corrected chi connectivity index (χ3v) is 3.50. The van der Waals surface area contributed by atoms with Gasteiger partial charge in [-0.25, -0.2) is 9.59 Å². The maximum absolute atomic E-state index is 10.9. The van der Waals surface area contributed by atoms with Gasteiger partial charge in [0.05, 0.1) is 31.2 Å². The molecule has 0 unspecified atom stereocenters. The van der Waals surface area contributed by atoms with Crippen molar-refractivity contribution in [2.24, 2.45) is 0 Å². The van der Waals surface area contributed by atoms with Crippen molar-refractivity contribution < 1.29 is 19.8 Å². The normalized spacial score (nSPS) is 9.11. The van der Waals surface area contributed by atoms with Crippen molar-refractivity contribution in [3.05, 3.63) is 31.2 Å². The SMILES string of the molecule is O=C(O)c1c(Cl)c(Cl)c(Cl)c(Cl)c1C(=O)O.[NaH].[NaH]. The molecule has 0 spiro atoms. The summed E-state index contributed by atoms with van der Waals surface area (Å²) in [5, 5.41) is 16.1. The van der Waals surface area contributed by atoms with Crippen molar-refractivity contribution >= 4 is 117 Å². The first-order valence-corrected chi connectivity index (χ1v) is 5.12. The minimum absolute atomic E-state index is 0. The van der Waals surface area contributed by atoms with Crippen LogP contribution in [0.5, 0.6) is 0 Å². The topological polar surface area (TPSA) is 74.6 Å². The Morgan fingerprint density at radius 2 is 0.889 bits per heavy atom. The van der Waals surface area contributed by atoms with Crippen molar-refractivity contribution in [2.45, 2.75) is 0 Å². The zero-order valence-corrected chi connectivity index (χ0v) is 10.2. The molecule has 4 nitrogen and oxygen atoms in total. The van der Waals surface area contributed by atoms with Gasteiger partial charge in [0.2, 0.25) is 0 Å². The van der Waals surface area contributed by atoms with Crippen molar-refractivity contribution in [3.8, 4) is 0 Å². The van der Waals surface area contributed by atoms with Gasteiger partial charge in [-0.1, -0.05) is 46.4 Å². The van der Waals surface area contributed by atoms with E-state index in [0.717, 1.165) is 0 Å². The van der Waals surface area contributed by atoms with E-state index < -0.39 is 33.1 Å². The number of carboxylic acids is 2. The Bertz CT molecular complexity index is 462. The molecule has 0 saturated carbocycles. The molecule has 0 atom stereocenters. The zero-order chi connectivity index (χ0) is 12.6. The molecule has 10 heteroatoms. The summed E-state index contributed by atoms with van der Waals surface area (Å²) in [7, 11) is 0. The van der Waals surface area contributed by atoms with Crippen molar-refractivity contribution in [1.82, 2.24) is 0 Å². The average molecular weight is 352 g/mol. The zero-order valence-electron chi connectivity index (χ0n) is 7.22. The second-order valence-electron chi connectivity index (χ2n) is 2.62. The Morgan fingerprint density at radius 1 is 0.667 bits per heavy atom. The van der Waals surface area contributed by atoms with Gasteiger partial charge in [-0.3, -0.25) is 0 Å². The summed E-state index contributed by atoms with van der Waals surface area (Å²) in [6, 6.07) is 0. The fourth-order valence-electron chi connectivity index (χ4n) is 1.03. The molecule has 90 valence electrons. The Hall–Kier alpha value is 1.32. The molecule has 0 aromatic heterocycles. The number of benzene rings is 1. The Balaban J connectivity index is 0. The van der Waals surface area contributed by atoms with Gasteiger partial charge >= 0.3 is 71.1 Å². The van der Waals surface area contributed by atoms with Gasteiger partial charge in [-0.05, 0) is 0 Å². The van der Waals surface area contributed by atoms with Gasteiger partial charge in [0.1, 0.15) is 0 Å². The van der Waals surface area contributed by atoms with Crippen LogP contribution in [0.4, 0.5) is 0 Å². The second-order valence-corrected chi connectivity index (χ2v) is 4.13. The van der Waals surface area contributed by atoms with Crippen LogP contribution in [0, 0.1) is 0 Å². The molecule has 0 bridgehead atoms. The van der Waals surface area contributed by atoms with Crippen LogP contribution in [0.2, 0.25) is 20.1 Å². The molecule has 0 aliphatic rings. The minimum atomic E-state index is -1.55. The van der Waals surface area contributed by atoms with Crippen LogP contribution in [-0.2, 0) is 0 Å². The summed E-state index contributed by atoms with van der Waals surface area (Å²) >= 11 is 22.4. The Morgan fingerprint density at radius 3 is 1.06 bits per heavy atom. The molecular weight excluding hydrogens is 348 g/mol. The molecule has 1 aromatic rings. The first kappa shape index (κ1) is 21.6. The third-order valence-electron chi connectivity index (χ3n) is 1.69. The van der Waals surface area contributed by atoms with Crippen molar-refractivity contribution in [2.75, 3.05) is 0 Å². The number of aromatic carboxylic acids is 2. The first-order valence-electron chi connectivity index (χ1n) is 3.61. The van der Waals surface area contributed by atoms with Gasteiger partial charge in [0, 0.05) is 0 Å². The summed E-state index contributed by atoms with van der Waals surface area (Å²) in [5.74, 6) is -3.11. The van der Waals surface area contributed by atoms with E-state index in [1.165, 1.54) is 0 Å². The van der Waals surface area contributed by atoms with E-state index in [4.69, 9.17) is 56.6 Å². The van der Waals surface area contributed by atoms with Crippen LogP contribution < -0.4 is 0 Å². The quantitative estimate of drug-likeness (QED) is 0.487. The summed E-state index contributed by atoms with van der Waals surface area (Å²) < 4.78 is 0. The van der Waals surface area contributed by atoms with E-state index in [1.54, 1.807) is 0 Å². The van der Waals surface area contributed by atoms with Crippen LogP contribution in [-0.4, -0.2) is 81.3 Å². The first-order chi connectivity index (χ1) is 7.29. The molecule has 0 radical (unpaired) electrons. The van der Waals surface area contributed by atoms with E-state index in [1.807, 2.05) is 0 Å². The second kappa shape index (κ2) is 8.57. The number of halogens is 4. The van der Waals surface area contributed by atoms with E-state index in [-0.39, 0.29) is 69.2 Å². The maximum atomic E-state index is 10.9. The van der Waals surface area contributed by atoms with Crippen molar-refractivity contribution in [1.29, 1.82) is 0 Å². The fraction of sp³-hybridized carbons (Fsp3) is 0. The molecule has 0 heterocycles. The number of hydrogen-bond acceptors (Lipinski definition) is 2. The van der Waals surface area contributed by atoms with Gasteiger partial charge in [0.15, 0.2) is 0 Å². The number of carbonyl (C=O) groups is 2. The molecule has 1 rings (SSSR count). The standard InChI is InChI=1S/C8H2Cl4O4.2Na.2H/c9-3-1(7(13)14)2(8(15)16)4(10)6(12)5(3)11;;;;/h(H,13,14)(H,15,16);;;;. The van der Waals surface area contributed by atoms with Crippen LogP contribution in [0.3, 0.4) is 0 Å².